The Morgan fingerprint density at radius 2 is 1.32 bits per heavy atom. The summed E-state index contributed by atoms with van der Waals surface area (Å²) < 4.78 is 37.9. The van der Waals surface area contributed by atoms with E-state index in [-0.39, 0.29) is 92.9 Å². The number of aromatic amines is 2. The molecule has 2 saturated heterocycles. The number of benzene rings is 1. The second-order valence-electron chi connectivity index (χ2n) is 14.1. The van der Waals surface area contributed by atoms with Gasteiger partial charge in [-0.25, -0.2) is 23.5 Å². The van der Waals surface area contributed by atoms with Crippen LogP contribution in [0.25, 0.3) is 22.3 Å². The van der Waals surface area contributed by atoms with E-state index in [0.29, 0.717) is 12.0 Å². The van der Waals surface area contributed by atoms with Gasteiger partial charge in [-0.15, -0.1) is 23.5 Å². The largest absolute Gasteiger partial charge is 1.00 e. The minimum absolute atomic E-state index is 0. The van der Waals surface area contributed by atoms with E-state index in [1.807, 2.05) is 6.92 Å². The van der Waals surface area contributed by atoms with Gasteiger partial charge in [0, 0.05) is 17.1 Å². The zero-order valence-electron chi connectivity index (χ0n) is 33.3. The number of amides is 2. The monoisotopic (exact) mass is 884 g/mol. The van der Waals surface area contributed by atoms with Gasteiger partial charge in [0.25, 0.3) is 11.1 Å². The number of carbonyl (C=O) groups excluding carboxylic acids is 3. The summed E-state index contributed by atoms with van der Waals surface area (Å²) in [5.74, 6) is -1.98. The molecule has 0 bridgehead atoms. The predicted octanol–water partition coefficient (Wildman–Crippen LogP) is 0.148. The number of aromatic nitrogens is 8. The van der Waals surface area contributed by atoms with Gasteiger partial charge in [0.15, 0.2) is 34.6 Å². The summed E-state index contributed by atoms with van der Waals surface area (Å²) in [6.45, 7) is 8.25. The first kappa shape index (κ1) is 48.4. The Balaban J connectivity index is 0.000000265. The Morgan fingerprint density at radius 1 is 0.833 bits per heavy atom. The second kappa shape index (κ2) is 20.6. The number of esters is 1. The number of halogens is 2. The summed E-state index contributed by atoms with van der Waals surface area (Å²) in [4.78, 5) is 82.7. The molecule has 2 aliphatic heterocycles. The molecule has 0 spiro atoms. The van der Waals surface area contributed by atoms with Crippen molar-refractivity contribution in [1.29, 1.82) is 0 Å². The number of rotatable bonds is 10. The zero-order chi connectivity index (χ0) is 42.0. The van der Waals surface area contributed by atoms with Crippen LogP contribution in [0.4, 0.5) is 20.7 Å². The van der Waals surface area contributed by atoms with Crippen LogP contribution >= 0.6 is 23.5 Å². The minimum Gasteiger partial charge on any atom is -0.870 e. The molecule has 19 nitrogen and oxygen atoms in total. The van der Waals surface area contributed by atoms with E-state index >= 15 is 4.39 Å². The number of nitrogens with one attached hydrogen (secondary N) is 4. The summed E-state index contributed by atoms with van der Waals surface area (Å²) in [5, 5.41) is 21.7. The number of aliphatic hydroxyl groups is 2. The molecule has 24 heteroatoms. The van der Waals surface area contributed by atoms with Crippen molar-refractivity contribution in [2.24, 2.45) is 11.8 Å². The number of ether oxygens (including phenoxy) is 1. The number of nitrogens with zero attached hydrogens (tertiary/aromatic N) is 6. The fourth-order valence-corrected chi connectivity index (χ4v) is 8.94. The van der Waals surface area contributed by atoms with Crippen molar-refractivity contribution < 1.29 is 73.1 Å². The van der Waals surface area contributed by atoms with Crippen LogP contribution in [-0.4, -0.2) is 114 Å². The van der Waals surface area contributed by atoms with Crippen LogP contribution in [-0.2, 0) is 14.3 Å². The van der Waals surface area contributed by atoms with E-state index in [2.05, 4.69) is 40.5 Å². The van der Waals surface area contributed by atoms with Crippen LogP contribution in [0.15, 0.2) is 52.6 Å². The number of carbonyl (C=O) groups is 3. The Hall–Kier alpha value is -4.23. The molecule has 7 rings (SSSR count). The van der Waals surface area contributed by atoms with Crippen molar-refractivity contribution in [1.82, 2.24) is 39.0 Å². The third-order valence-electron chi connectivity index (χ3n) is 9.33. The Kier molecular flexibility index (Phi) is 16.6. The maximum atomic E-state index is 15.3. The molecule has 4 aromatic heterocycles. The average Bonchev–Trinajstić information content (AvgIpc) is 3.96. The first-order chi connectivity index (χ1) is 27.6. The summed E-state index contributed by atoms with van der Waals surface area (Å²) in [6, 6.07) is 8.37. The van der Waals surface area contributed by atoms with Crippen LogP contribution in [0.5, 0.6) is 0 Å². The third-order valence-corrected chi connectivity index (χ3v) is 12.6. The molecule has 1 aromatic carbocycles. The summed E-state index contributed by atoms with van der Waals surface area (Å²) in [6.07, 6.45) is -2.33. The SMILES string of the molecule is CC(C)C(=O)Nc1nc2c(ncn2[C@@H]2S[C@H](CO)[C@H](F)C2O)c(=O)[nH]1.CC[C@H]1S[C@@H](n2cnc3c(=O)[nH]c(NC(=O)C(C)C)nc32)C(OC(=O)c2ccccc2)[C@H]1F.[Na+].[OH-]. The Morgan fingerprint density at radius 3 is 1.77 bits per heavy atom. The van der Waals surface area contributed by atoms with Gasteiger partial charge in [0.05, 0.1) is 30.1 Å². The molecule has 0 saturated carbocycles. The predicted molar refractivity (Wildman–Crippen MR) is 215 cm³/mol. The summed E-state index contributed by atoms with van der Waals surface area (Å²) in [7, 11) is 0. The first-order valence-electron chi connectivity index (χ1n) is 18.3. The molecular formula is C36H43F2N10NaO9S2. The van der Waals surface area contributed by atoms with Gasteiger partial charge in [-0.05, 0) is 18.6 Å². The van der Waals surface area contributed by atoms with Gasteiger partial charge in [-0.3, -0.25) is 48.9 Å². The molecular weight excluding hydrogens is 842 g/mol. The molecule has 318 valence electrons. The molecule has 5 aromatic rings. The van der Waals surface area contributed by atoms with Gasteiger partial charge in [0.2, 0.25) is 23.7 Å². The maximum absolute atomic E-state index is 15.3. The Bertz CT molecular complexity index is 2420. The molecule has 2 unspecified atom stereocenters. The fourth-order valence-electron chi connectivity index (χ4n) is 6.09. The fraction of sp³-hybridized carbons (Fsp3) is 0.472. The number of imidazole rings is 2. The number of fused-ring (bicyclic) bond motifs is 2. The van der Waals surface area contributed by atoms with Gasteiger partial charge < -0.3 is 20.4 Å². The number of thioether (sulfide) groups is 2. The van der Waals surface area contributed by atoms with Gasteiger partial charge in [-0.2, -0.15) is 9.97 Å². The molecule has 6 heterocycles. The van der Waals surface area contributed by atoms with Gasteiger partial charge in [-0.1, -0.05) is 52.8 Å². The quantitative estimate of drug-likeness (QED) is 0.0805. The number of anilines is 2. The van der Waals surface area contributed by atoms with Crippen molar-refractivity contribution in [2.45, 2.75) is 86.8 Å². The van der Waals surface area contributed by atoms with Gasteiger partial charge in [0.1, 0.15) is 23.0 Å². The van der Waals surface area contributed by atoms with Crippen molar-refractivity contribution in [3.8, 4) is 0 Å². The van der Waals surface area contributed by atoms with Crippen LogP contribution in [0.3, 0.4) is 0 Å². The number of hydrogen-bond acceptors (Lipinski definition) is 15. The topological polar surface area (TPSA) is 282 Å². The standard InChI is InChI=1S/C22H24FN5O4S.C14H18FN5O4S.Na.H2O/c1-4-13-14(23)16(32-21(31)12-8-6-5-7-9-12)20(33-13)28-10-24-15-17(28)25-22(27-19(15)30)26-18(29)11(2)3;1-5(2)11(23)18-14-17-10-8(12(24)19-14)16-4-20(10)13-9(22)7(15)6(3-21)25-13;;/h5-11,13-14,16,20H,4H2,1-3H3,(H2,25,26,27,29,30);4-7,9,13,21-22H,3H2,1-2H3,(H2,17,18,19,23,24);;1H2/q;;+1;/p-1/t13-,14+,16?,20-;6-,7+,9?,13-;;/m11../s1. The average molecular weight is 885 g/mol. The van der Waals surface area contributed by atoms with Crippen LogP contribution in [0.1, 0.15) is 62.1 Å². The second-order valence-corrected chi connectivity index (χ2v) is 16.8. The summed E-state index contributed by atoms with van der Waals surface area (Å²) >= 11 is 2.34. The molecule has 2 fully saturated rings. The van der Waals surface area contributed by atoms with Crippen LogP contribution in [0.2, 0.25) is 0 Å². The van der Waals surface area contributed by atoms with E-state index in [9.17, 15) is 38.6 Å². The zero-order valence-corrected chi connectivity index (χ0v) is 36.9. The Labute approximate surface area is 370 Å². The van der Waals surface area contributed by atoms with Crippen LogP contribution in [0, 0.1) is 11.8 Å². The third kappa shape index (κ3) is 10.1. The minimum atomic E-state index is -1.61. The molecule has 60 heavy (non-hydrogen) atoms. The molecule has 2 aliphatic rings. The molecule has 7 N–H and O–H groups in total. The molecule has 0 radical (unpaired) electrons. The smallest absolute Gasteiger partial charge is 0.870 e. The van der Waals surface area contributed by atoms with E-state index in [1.165, 1.54) is 33.6 Å². The number of H-pyrrole nitrogens is 2. The number of hydrogen-bond donors (Lipinski definition) is 6. The molecule has 0 aliphatic carbocycles. The number of alkyl halides is 2. The van der Waals surface area contributed by atoms with E-state index < -0.39 is 69.5 Å². The molecule has 2 amide bonds. The van der Waals surface area contributed by atoms with Crippen molar-refractivity contribution in [3.05, 3.63) is 69.3 Å². The van der Waals surface area contributed by atoms with E-state index in [4.69, 9.17) is 4.74 Å². The normalized spacial score (nSPS) is 23.4. The number of aliphatic hydroxyl groups excluding tert-OH is 2. The maximum Gasteiger partial charge on any atom is 1.00 e. The van der Waals surface area contributed by atoms with Gasteiger partial charge >= 0.3 is 35.5 Å². The van der Waals surface area contributed by atoms with Crippen molar-refractivity contribution in [2.75, 3.05) is 17.2 Å². The van der Waals surface area contributed by atoms with E-state index in [0.717, 1.165) is 11.8 Å². The van der Waals surface area contributed by atoms with Crippen molar-refractivity contribution in [3.63, 3.8) is 0 Å². The molecule has 8 atom stereocenters. The summed E-state index contributed by atoms with van der Waals surface area (Å²) in [5.41, 5.74) is -0.444. The van der Waals surface area contributed by atoms with Crippen LogP contribution < -0.4 is 51.3 Å². The van der Waals surface area contributed by atoms with Crippen molar-refractivity contribution >= 4 is 75.5 Å². The van der Waals surface area contributed by atoms with E-state index in [1.54, 1.807) is 58.0 Å². The first-order valence-corrected chi connectivity index (χ1v) is 20.2.